The van der Waals surface area contributed by atoms with Gasteiger partial charge in [0.05, 0.1) is 24.3 Å². The van der Waals surface area contributed by atoms with E-state index >= 15 is 0 Å². The van der Waals surface area contributed by atoms with E-state index in [2.05, 4.69) is 10.2 Å². The third-order valence-electron chi connectivity index (χ3n) is 4.47. The summed E-state index contributed by atoms with van der Waals surface area (Å²) in [5.74, 6) is 0.797. The van der Waals surface area contributed by atoms with Crippen molar-refractivity contribution in [3.05, 3.63) is 74.0 Å². The molecule has 1 aliphatic rings. The highest BCUT2D eigenvalue weighted by molar-refractivity contribution is 6.30. The molecule has 144 valence electrons. The van der Waals surface area contributed by atoms with Gasteiger partial charge >= 0.3 is 0 Å². The molecule has 0 spiro atoms. The second-order valence-electron chi connectivity index (χ2n) is 6.58. The van der Waals surface area contributed by atoms with Gasteiger partial charge in [0, 0.05) is 28.8 Å². The smallest absolute Gasteiger partial charge is 0.285 e. The lowest BCUT2D eigenvalue weighted by atomic mass is 10.2. The van der Waals surface area contributed by atoms with Crippen LogP contribution in [0.5, 0.6) is 0 Å². The Morgan fingerprint density at radius 3 is 2.64 bits per heavy atom. The van der Waals surface area contributed by atoms with E-state index in [9.17, 15) is 14.9 Å². The van der Waals surface area contributed by atoms with Crippen molar-refractivity contribution < 1.29 is 9.34 Å². The van der Waals surface area contributed by atoms with Crippen LogP contribution in [0, 0.1) is 10.1 Å². The topological polar surface area (TPSA) is 107 Å². The van der Waals surface area contributed by atoms with Gasteiger partial charge in [-0.05, 0) is 37.1 Å². The first kappa shape index (κ1) is 18.3. The zero-order valence-electron chi connectivity index (χ0n) is 14.7. The Morgan fingerprint density at radius 2 is 1.96 bits per heavy atom. The van der Waals surface area contributed by atoms with Crippen LogP contribution in [0.25, 0.3) is 11.5 Å². The predicted octanol–water partition coefficient (Wildman–Crippen LogP) is 3.08. The van der Waals surface area contributed by atoms with Crippen LogP contribution < -0.4 is 5.56 Å². The number of pyridine rings is 1. The van der Waals surface area contributed by atoms with Gasteiger partial charge in [0.25, 0.3) is 11.2 Å². The van der Waals surface area contributed by atoms with Crippen LogP contribution in [0.2, 0.25) is 5.02 Å². The molecule has 1 fully saturated rings. The number of halogens is 1. The first-order valence-electron chi connectivity index (χ1n) is 8.67. The van der Waals surface area contributed by atoms with Crippen LogP contribution in [0.4, 0.5) is 5.69 Å². The molecule has 0 N–H and O–H groups in total. The summed E-state index contributed by atoms with van der Waals surface area (Å²) in [6.45, 7) is 0.560. The minimum Gasteiger partial charge on any atom is -0.419 e. The number of hydrogen-bond acceptors (Lipinski definition) is 7. The van der Waals surface area contributed by atoms with Gasteiger partial charge in [-0.3, -0.25) is 24.4 Å². The van der Waals surface area contributed by atoms with E-state index in [0.717, 1.165) is 18.4 Å². The zero-order chi connectivity index (χ0) is 19.7. The maximum absolute atomic E-state index is 12.1. The summed E-state index contributed by atoms with van der Waals surface area (Å²) < 4.78 is 7.07. The Labute approximate surface area is 164 Å². The molecule has 0 radical (unpaired) electrons. The van der Waals surface area contributed by atoms with Gasteiger partial charge in [-0.15, -0.1) is 10.2 Å². The van der Waals surface area contributed by atoms with Crippen molar-refractivity contribution in [2.24, 2.45) is 0 Å². The van der Waals surface area contributed by atoms with Crippen LogP contribution in [0.15, 0.2) is 51.8 Å². The lowest BCUT2D eigenvalue weighted by molar-refractivity contribution is -0.385. The normalized spacial score (nSPS) is 13.8. The molecule has 0 unspecified atom stereocenters. The van der Waals surface area contributed by atoms with Gasteiger partial charge in [0.15, 0.2) is 0 Å². The second-order valence-corrected chi connectivity index (χ2v) is 7.02. The number of nitrogens with zero attached hydrogens (tertiary/aromatic N) is 5. The molecule has 4 rings (SSSR count). The van der Waals surface area contributed by atoms with Crippen molar-refractivity contribution >= 4 is 17.3 Å². The Hall–Kier alpha value is -3.04. The third kappa shape index (κ3) is 4.10. The number of hydrogen-bond donors (Lipinski definition) is 0. The van der Waals surface area contributed by atoms with E-state index in [4.69, 9.17) is 16.0 Å². The molecule has 1 aliphatic carbocycles. The fraction of sp³-hybridized carbons (Fsp3) is 0.278. The Balaban J connectivity index is 1.52. The number of benzene rings is 1. The molecule has 0 bridgehead atoms. The number of nitro groups is 1. The molecule has 0 aliphatic heterocycles. The molecule has 0 saturated heterocycles. The van der Waals surface area contributed by atoms with Crippen LogP contribution in [0.3, 0.4) is 0 Å². The number of rotatable bonds is 7. The molecule has 9 nitrogen and oxygen atoms in total. The molecule has 1 aromatic carbocycles. The molecule has 0 amide bonds. The Morgan fingerprint density at radius 1 is 1.21 bits per heavy atom. The average Bonchev–Trinajstić information content (AvgIpc) is 3.42. The maximum Gasteiger partial charge on any atom is 0.285 e. The maximum atomic E-state index is 12.1. The molecular formula is C18H16ClN5O4. The van der Waals surface area contributed by atoms with E-state index in [1.165, 1.54) is 22.9 Å². The Bertz CT molecular complexity index is 1060. The van der Waals surface area contributed by atoms with E-state index in [-0.39, 0.29) is 24.0 Å². The molecule has 10 heteroatoms. The summed E-state index contributed by atoms with van der Waals surface area (Å²) in [6.07, 6.45) is 3.23. The fourth-order valence-electron chi connectivity index (χ4n) is 2.87. The fourth-order valence-corrected chi connectivity index (χ4v) is 2.99. The van der Waals surface area contributed by atoms with Gasteiger partial charge in [-0.2, -0.15) is 0 Å². The summed E-state index contributed by atoms with van der Waals surface area (Å²) in [5.41, 5.74) is 0.331. The Kier molecular flexibility index (Phi) is 4.93. The third-order valence-corrected chi connectivity index (χ3v) is 4.72. The summed E-state index contributed by atoms with van der Waals surface area (Å²) >= 11 is 5.89. The predicted molar refractivity (Wildman–Crippen MR) is 101 cm³/mol. The molecule has 3 aromatic rings. The van der Waals surface area contributed by atoms with Gasteiger partial charge in [-0.25, -0.2) is 0 Å². The minimum absolute atomic E-state index is 0.127. The minimum atomic E-state index is -0.520. The summed E-state index contributed by atoms with van der Waals surface area (Å²) in [7, 11) is 0. The SMILES string of the molecule is O=c1ccc([N+](=O)[O-])cn1CN(Cc1nnc(-c2ccc(Cl)cc2)o1)C1CC1. The van der Waals surface area contributed by atoms with Crippen molar-refractivity contribution in [3.63, 3.8) is 0 Å². The van der Waals surface area contributed by atoms with Crippen molar-refractivity contribution in [2.45, 2.75) is 32.1 Å². The van der Waals surface area contributed by atoms with Crippen LogP contribution in [0.1, 0.15) is 18.7 Å². The van der Waals surface area contributed by atoms with Crippen molar-refractivity contribution in [3.8, 4) is 11.5 Å². The molecular weight excluding hydrogens is 386 g/mol. The first-order chi connectivity index (χ1) is 13.5. The quantitative estimate of drug-likeness (QED) is 0.442. The van der Waals surface area contributed by atoms with Crippen LogP contribution in [-0.2, 0) is 13.2 Å². The van der Waals surface area contributed by atoms with E-state index in [1.54, 1.807) is 24.3 Å². The largest absolute Gasteiger partial charge is 0.419 e. The summed E-state index contributed by atoms with van der Waals surface area (Å²) in [5, 5.41) is 19.8. The highest BCUT2D eigenvalue weighted by Crippen LogP contribution is 2.29. The average molecular weight is 402 g/mol. The van der Waals surface area contributed by atoms with Gasteiger partial charge in [-0.1, -0.05) is 11.6 Å². The van der Waals surface area contributed by atoms with Crippen molar-refractivity contribution in [1.82, 2.24) is 19.7 Å². The molecule has 2 heterocycles. The van der Waals surface area contributed by atoms with Gasteiger partial charge in [0.2, 0.25) is 11.8 Å². The monoisotopic (exact) mass is 401 g/mol. The standard InChI is InChI=1S/C18H16ClN5O4/c19-13-3-1-12(2-4-13)18-21-20-16(28-18)10-22(14-5-6-14)11-23-9-15(24(26)27)7-8-17(23)25/h1-4,7-9,14H,5-6,10-11H2. The van der Waals surface area contributed by atoms with E-state index in [0.29, 0.717) is 23.3 Å². The highest BCUT2D eigenvalue weighted by atomic mass is 35.5. The summed E-state index contributed by atoms with van der Waals surface area (Å²) in [4.78, 5) is 24.6. The van der Waals surface area contributed by atoms with Crippen molar-refractivity contribution in [1.29, 1.82) is 0 Å². The van der Waals surface area contributed by atoms with Crippen molar-refractivity contribution in [2.75, 3.05) is 0 Å². The van der Waals surface area contributed by atoms with E-state index < -0.39 is 4.92 Å². The second kappa shape index (κ2) is 7.53. The molecule has 0 atom stereocenters. The van der Waals surface area contributed by atoms with Gasteiger partial charge in [0.1, 0.15) is 0 Å². The summed E-state index contributed by atoms with van der Waals surface area (Å²) in [6, 6.07) is 9.75. The zero-order valence-corrected chi connectivity index (χ0v) is 15.5. The van der Waals surface area contributed by atoms with Crippen LogP contribution >= 0.6 is 11.6 Å². The first-order valence-corrected chi connectivity index (χ1v) is 9.04. The van der Waals surface area contributed by atoms with Gasteiger partial charge < -0.3 is 4.42 Å². The number of aromatic nitrogens is 3. The lowest BCUT2D eigenvalue weighted by Gasteiger charge is -2.20. The highest BCUT2D eigenvalue weighted by Gasteiger charge is 2.31. The lowest BCUT2D eigenvalue weighted by Crippen LogP contribution is -2.33. The van der Waals surface area contributed by atoms with E-state index in [1.807, 2.05) is 4.90 Å². The molecule has 1 saturated carbocycles. The molecule has 2 aromatic heterocycles. The molecule has 28 heavy (non-hydrogen) atoms. The van der Waals surface area contributed by atoms with Crippen LogP contribution in [-0.4, -0.2) is 30.6 Å².